The third-order valence-corrected chi connectivity index (χ3v) is 5.27. The van der Waals surface area contributed by atoms with E-state index in [1.165, 1.54) is 12.8 Å². The van der Waals surface area contributed by atoms with Gasteiger partial charge in [-0.15, -0.1) is 0 Å². The molecule has 3 heterocycles. The third-order valence-electron chi connectivity index (χ3n) is 5.27. The molecule has 0 aliphatic carbocycles. The van der Waals surface area contributed by atoms with Crippen molar-refractivity contribution in [2.24, 2.45) is 0 Å². The van der Waals surface area contributed by atoms with Crippen molar-refractivity contribution >= 4 is 5.82 Å². The second kappa shape index (κ2) is 7.92. The quantitative estimate of drug-likeness (QED) is 0.892. The maximum absolute atomic E-state index is 11.2. The number of aromatic nitrogens is 2. The molecule has 2 aromatic rings. The number of benzene rings is 1. The zero-order chi connectivity index (χ0) is 18.7. The number of hydrogen-bond donors (Lipinski definition) is 1. The highest BCUT2D eigenvalue weighted by atomic mass is 16.5. The minimum Gasteiger partial charge on any atom is -0.384 e. The summed E-state index contributed by atoms with van der Waals surface area (Å²) in [6.07, 6.45) is 2.43. The molecule has 0 spiro atoms. The lowest BCUT2D eigenvalue weighted by Crippen LogP contribution is -2.52. The van der Waals surface area contributed by atoms with Gasteiger partial charge in [0.2, 0.25) is 0 Å². The van der Waals surface area contributed by atoms with E-state index < -0.39 is 5.60 Å². The molecule has 4 rings (SSSR count). The number of β-amino-alcohol motifs (C(OH)–C–C–N with tert-alkyl or cyclic N) is 1. The number of aliphatic hydroxyl groups is 1. The molecule has 6 nitrogen and oxygen atoms in total. The van der Waals surface area contributed by atoms with Crippen LogP contribution in [0.5, 0.6) is 0 Å². The molecule has 0 saturated carbocycles. The number of aryl methyl sites for hydroxylation is 1. The summed E-state index contributed by atoms with van der Waals surface area (Å²) in [4.78, 5) is 13.9. The highest BCUT2D eigenvalue weighted by Crippen LogP contribution is 2.24. The van der Waals surface area contributed by atoms with Gasteiger partial charge in [-0.25, -0.2) is 9.97 Å². The van der Waals surface area contributed by atoms with E-state index in [0.29, 0.717) is 32.8 Å². The lowest BCUT2D eigenvalue weighted by molar-refractivity contribution is -0.0439. The van der Waals surface area contributed by atoms with Crippen molar-refractivity contribution in [3.63, 3.8) is 0 Å². The van der Waals surface area contributed by atoms with Crippen LogP contribution in [-0.4, -0.2) is 71.5 Å². The van der Waals surface area contributed by atoms with E-state index in [4.69, 9.17) is 9.72 Å². The van der Waals surface area contributed by atoms with Crippen LogP contribution in [0.4, 0.5) is 5.82 Å². The molecule has 0 radical (unpaired) electrons. The van der Waals surface area contributed by atoms with E-state index in [1.54, 1.807) is 0 Å². The van der Waals surface area contributed by atoms with Crippen LogP contribution in [0.2, 0.25) is 0 Å². The predicted molar refractivity (Wildman–Crippen MR) is 106 cm³/mol. The minimum absolute atomic E-state index is 0.371. The van der Waals surface area contributed by atoms with Gasteiger partial charge in [0, 0.05) is 30.4 Å². The Morgan fingerprint density at radius 2 is 1.89 bits per heavy atom. The number of ether oxygens (including phenoxy) is 1. The second-order valence-electron chi connectivity index (χ2n) is 7.74. The molecule has 2 saturated heterocycles. The Hall–Kier alpha value is -2.02. The van der Waals surface area contributed by atoms with Gasteiger partial charge in [-0.2, -0.15) is 0 Å². The Morgan fingerprint density at radius 3 is 2.67 bits per heavy atom. The van der Waals surface area contributed by atoms with Gasteiger partial charge in [-0.05, 0) is 32.9 Å². The van der Waals surface area contributed by atoms with Gasteiger partial charge < -0.3 is 19.6 Å². The van der Waals surface area contributed by atoms with Crippen molar-refractivity contribution in [3.8, 4) is 11.4 Å². The van der Waals surface area contributed by atoms with Gasteiger partial charge in [0.25, 0.3) is 0 Å². The lowest BCUT2D eigenvalue weighted by atomic mass is 10.0. The average molecular weight is 368 g/mol. The maximum Gasteiger partial charge on any atom is 0.161 e. The molecule has 1 N–H and O–H groups in total. The molecule has 1 unspecified atom stereocenters. The van der Waals surface area contributed by atoms with Crippen molar-refractivity contribution in [1.29, 1.82) is 0 Å². The van der Waals surface area contributed by atoms with Gasteiger partial charge in [0.1, 0.15) is 11.4 Å². The second-order valence-corrected chi connectivity index (χ2v) is 7.74. The molecule has 2 fully saturated rings. The Morgan fingerprint density at radius 1 is 1.11 bits per heavy atom. The van der Waals surface area contributed by atoms with Crippen molar-refractivity contribution in [1.82, 2.24) is 14.9 Å². The van der Waals surface area contributed by atoms with E-state index in [2.05, 4.69) is 14.8 Å². The summed E-state index contributed by atoms with van der Waals surface area (Å²) in [5, 5.41) is 11.2. The molecule has 2 aliphatic rings. The summed E-state index contributed by atoms with van der Waals surface area (Å²) < 4.78 is 5.76. The highest BCUT2D eigenvalue weighted by molar-refractivity contribution is 5.58. The van der Waals surface area contributed by atoms with E-state index in [0.717, 1.165) is 36.0 Å². The van der Waals surface area contributed by atoms with E-state index >= 15 is 0 Å². The van der Waals surface area contributed by atoms with Crippen molar-refractivity contribution in [2.75, 3.05) is 50.8 Å². The number of rotatable bonds is 4. The van der Waals surface area contributed by atoms with Crippen LogP contribution in [0.3, 0.4) is 0 Å². The van der Waals surface area contributed by atoms with Crippen molar-refractivity contribution < 1.29 is 9.84 Å². The van der Waals surface area contributed by atoms with Crippen LogP contribution in [0, 0.1) is 6.92 Å². The van der Waals surface area contributed by atoms with Crippen LogP contribution in [-0.2, 0) is 4.74 Å². The predicted octanol–water partition coefficient (Wildman–Crippen LogP) is 2.12. The molecular formula is C21H28N4O2. The molecular weight excluding hydrogens is 340 g/mol. The molecule has 2 aliphatic heterocycles. The summed E-state index contributed by atoms with van der Waals surface area (Å²) >= 11 is 0. The number of hydrogen-bond acceptors (Lipinski definition) is 6. The summed E-state index contributed by atoms with van der Waals surface area (Å²) in [6.45, 7) is 6.96. The fourth-order valence-electron chi connectivity index (χ4n) is 4.00. The molecule has 27 heavy (non-hydrogen) atoms. The summed E-state index contributed by atoms with van der Waals surface area (Å²) in [6, 6.07) is 12.0. The Balaban J connectivity index is 1.58. The first kappa shape index (κ1) is 18.3. The van der Waals surface area contributed by atoms with Crippen LogP contribution in [0.1, 0.15) is 18.5 Å². The first-order valence-corrected chi connectivity index (χ1v) is 9.80. The van der Waals surface area contributed by atoms with Crippen LogP contribution < -0.4 is 4.90 Å². The van der Waals surface area contributed by atoms with Crippen LogP contribution in [0.25, 0.3) is 11.4 Å². The van der Waals surface area contributed by atoms with Crippen molar-refractivity contribution in [3.05, 3.63) is 42.1 Å². The Kier molecular flexibility index (Phi) is 5.38. The first-order valence-electron chi connectivity index (χ1n) is 9.80. The zero-order valence-electron chi connectivity index (χ0n) is 16.0. The normalized spacial score (nSPS) is 24.1. The highest BCUT2D eigenvalue weighted by Gasteiger charge is 2.35. The van der Waals surface area contributed by atoms with Gasteiger partial charge in [-0.3, -0.25) is 0 Å². The van der Waals surface area contributed by atoms with Crippen molar-refractivity contribution in [2.45, 2.75) is 25.4 Å². The average Bonchev–Trinajstić information content (AvgIpc) is 3.09. The zero-order valence-corrected chi connectivity index (χ0v) is 16.0. The van der Waals surface area contributed by atoms with Crippen LogP contribution >= 0.6 is 0 Å². The van der Waals surface area contributed by atoms with E-state index in [-0.39, 0.29) is 0 Å². The molecule has 0 amide bonds. The molecule has 1 aromatic heterocycles. The van der Waals surface area contributed by atoms with Gasteiger partial charge in [0.05, 0.1) is 19.8 Å². The molecule has 0 bridgehead atoms. The van der Waals surface area contributed by atoms with Gasteiger partial charge in [0.15, 0.2) is 5.82 Å². The topological polar surface area (TPSA) is 61.7 Å². The number of nitrogens with zero attached hydrogens (tertiary/aromatic N) is 4. The summed E-state index contributed by atoms with van der Waals surface area (Å²) in [5.41, 5.74) is 1.04. The molecule has 1 aromatic carbocycles. The SMILES string of the molecule is Cc1cc(N2CCOCC(O)(CN3CCCC3)C2)nc(-c2ccccc2)n1. The van der Waals surface area contributed by atoms with E-state index in [1.807, 2.05) is 43.3 Å². The monoisotopic (exact) mass is 368 g/mol. The fraction of sp³-hybridized carbons (Fsp3) is 0.524. The minimum atomic E-state index is -0.882. The third kappa shape index (κ3) is 4.46. The van der Waals surface area contributed by atoms with E-state index in [9.17, 15) is 5.11 Å². The fourth-order valence-corrected chi connectivity index (χ4v) is 4.00. The first-order chi connectivity index (χ1) is 13.1. The number of anilines is 1. The molecule has 144 valence electrons. The number of likely N-dealkylation sites (tertiary alicyclic amines) is 1. The Bertz CT molecular complexity index is 764. The molecule has 1 atom stereocenters. The summed E-state index contributed by atoms with van der Waals surface area (Å²) in [5.74, 6) is 1.57. The maximum atomic E-state index is 11.2. The van der Waals surface area contributed by atoms with Gasteiger partial charge >= 0.3 is 0 Å². The van der Waals surface area contributed by atoms with Gasteiger partial charge in [-0.1, -0.05) is 30.3 Å². The smallest absolute Gasteiger partial charge is 0.161 e. The van der Waals surface area contributed by atoms with Crippen LogP contribution in [0.15, 0.2) is 36.4 Å². The standard InChI is InChI=1S/C21H28N4O2/c1-17-13-19(23-20(22-17)18-7-3-2-4-8-18)25-11-12-27-16-21(26,15-25)14-24-9-5-6-10-24/h2-4,7-8,13,26H,5-6,9-12,14-16H2,1H3. The molecule has 6 heteroatoms. The Labute approximate surface area is 160 Å². The summed E-state index contributed by atoms with van der Waals surface area (Å²) in [7, 11) is 0. The largest absolute Gasteiger partial charge is 0.384 e. The lowest BCUT2D eigenvalue weighted by Gasteiger charge is -2.34.